The van der Waals surface area contributed by atoms with Gasteiger partial charge in [0.15, 0.2) is 0 Å². The van der Waals surface area contributed by atoms with Crippen LogP contribution in [0.25, 0.3) is 0 Å². The first-order valence-corrected chi connectivity index (χ1v) is 9.64. The van der Waals surface area contributed by atoms with E-state index >= 15 is 0 Å². The van der Waals surface area contributed by atoms with Gasteiger partial charge in [-0.3, -0.25) is 10.1 Å². The van der Waals surface area contributed by atoms with Gasteiger partial charge in [-0.15, -0.1) is 0 Å². The van der Waals surface area contributed by atoms with Crippen molar-refractivity contribution in [2.45, 2.75) is 57.3 Å². The van der Waals surface area contributed by atoms with Crippen LogP contribution in [0, 0.1) is 6.92 Å². The molecule has 0 heterocycles. The van der Waals surface area contributed by atoms with Crippen LogP contribution in [0.3, 0.4) is 0 Å². The molecule has 3 nitrogen and oxygen atoms in total. The van der Waals surface area contributed by atoms with Crippen LogP contribution in [0.15, 0.2) is 48.5 Å². The summed E-state index contributed by atoms with van der Waals surface area (Å²) in [5, 5.41) is 6.30. The second kappa shape index (κ2) is 8.78. The third kappa shape index (κ3) is 5.13. The monoisotopic (exact) mass is 390 g/mol. The quantitative estimate of drug-likeness (QED) is 0.696. The molecule has 2 N–H and O–H groups in total. The third-order valence-electron chi connectivity index (χ3n) is 5.24. The number of carbonyl (C=O) groups excluding carboxylic acids is 1. The summed E-state index contributed by atoms with van der Waals surface area (Å²) < 4.78 is 38.7. The van der Waals surface area contributed by atoms with Gasteiger partial charge < -0.3 is 5.32 Å². The number of halogens is 3. The van der Waals surface area contributed by atoms with Gasteiger partial charge in [0.2, 0.25) is 5.91 Å². The van der Waals surface area contributed by atoms with Crippen LogP contribution in [0.4, 0.5) is 18.9 Å². The average molecular weight is 390 g/mol. The standard InChI is InChI=1S/C22H25F3N2O/c1-15-7-5-6-10-19(15)27-21(28)20(26-18-8-3-2-4-9-18)16-11-13-17(14-12-16)22(23,24)25/h5-7,10-14,18,20,26H,2-4,8-9H2,1H3,(H,27,28). The number of hydrogen-bond donors (Lipinski definition) is 2. The van der Waals surface area contributed by atoms with Crippen LogP contribution in [0.2, 0.25) is 0 Å². The van der Waals surface area contributed by atoms with Gasteiger partial charge in [0.25, 0.3) is 0 Å². The number of carbonyl (C=O) groups is 1. The third-order valence-corrected chi connectivity index (χ3v) is 5.24. The van der Waals surface area contributed by atoms with E-state index in [2.05, 4.69) is 10.6 Å². The minimum Gasteiger partial charge on any atom is -0.324 e. The Bertz CT molecular complexity index is 796. The van der Waals surface area contributed by atoms with Gasteiger partial charge in [-0.1, -0.05) is 49.6 Å². The van der Waals surface area contributed by atoms with Gasteiger partial charge >= 0.3 is 6.18 Å². The fourth-order valence-electron chi connectivity index (χ4n) is 3.61. The predicted octanol–water partition coefficient (Wildman–Crippen LogP) is 5.62. The molecule has 6 heteroatoms. The lowest BCUT2D eigenvalue weighted by Crippen LogP contribution is -2.40. The van der Waals surface area contributed by atoms with Crippen LogP contribution in [-0.2, 0) is 11.0 Å². The smallest absolute Gasteiger partial charge is 0.324 e. The number of rotatable bonds is 5. The molecule has 0 aliphatic heterocycles. The second-order valence-electron chi connectivity index (χ2n) is 7.36. The molecular weight excluding hydrogens is 365 g/mol. The molecule has 1 aliphatic carbocycles. The zero-order chi connectivity index (χ0) is 20.1. The molecule has 1 fully saturated rings. The van der Waals surface area contributed by atoms with Gasteiger partial charge in [0.1, 0.15) is 6.04 Å². The van der Waals surface area contributed by atoms with Crippen LogP contribution in [-0.4, -0.2) is 11.9 Å². The van der Waals surface area contributed by atoms with Crippen molar-refractivity contribution in [2.24, 2.45) is 0 Å². The number of anilines is 1. The van der Waals surface area contributed by atoms with Crippen LogP contribution < -0.4 is 10.6 Å². The first-order chi connectivity index (χ1) is 13.3. The Kier molecular flexibility index (Phi) is 6.39. The Morgan fingerprint density at radius 3 is 2.25 bits per heavy atom. The predicted molar refractivity (Wildman–Crippen MR) is 104 cm³/mol. The van der Waals surface area contributed by atoms with E-state index in [1.807, 2.05) is 31.2 Å². The van der Waals surface area contributed by atoms with E-state index in [0.29, 0.717) is 11.3 Å². The molecule has 0 radical (unpaired) electrons. The lowest BCUT2D eigenvalue weighted by molar-refractivity contribution is -0.137. The van der Waals surface area contributed by atoms with Crippen molar-refractivity contribution in [3.05, 3.63) is 65.2 Å². The van der Waals surface area contributed by atoms with E-state index in [1.54, 1.807) is 0 Å². The molecule has 0 saturated heterocycles. The Morgan fingerprint density at radius 2 is 1.64 bits per heavy atom. The molecule has 0 bridgehead atoms. The average Bonchev–Trinajstić information content (AvgIpc) is 2.68. The fraction of sp³-hybridized carbons (Fsp3) is 0.409. The molecule has 150 valence electrons. The maximum atomic E-state index is 13.0. The molecule has 2 aromatic rings. The minimum atomic E-state index is -4.39. The summed E-state index contributed by atoms with van der Waals surface area (Å²) in [5.41, 5.74) is 1.45. The molecule has 0 aromatic heterocycles. The topological polar surface area (TPSA) is 41.1 Å². The molecule has 1 atom stereocenters. The van der Waals surface area contributed by atoms with Crippen LogP contribution >= 0.6 is 0 Å². The summed E-state index contributed by atoms with van der Waals surface area (Å²) >= 11 is 0. The van der Waals surface area contributed by atoms with Crippen molar-refractivity contribution < 1.29 is 18.0 Å². The van der Waals surface area contributed by atoms with Crippen molar-refractivity contribution in [3.63, 3.8) is 0 Å². The largest absolute Gasteiger partial charge is 0.416 e. The summed E-state index contributed by atoms with van der Waals surface area (Å²) in [6.07, 6.45) is 0.907. The van der Waals surface area contributed by atoms with Crippen molar-refractivity contribution in [2.75, 3.05) is 5.32 Å². The highest BCUT2D eigenvalue weighted by Crippen LogP contribution is 2.31. The van der Waals surface area contributed by atoms with Gasteiger partial charge in [-0.25, -0.2) is 0 Å². The highest BCUT2D eigenvalue weighted by Gasteiger charge is 2.31. The van der Waals surface area contributed by atoms with Crippen LogP contribution in [0.5, 0.6) is 0 Å². The van der Waals surface area contributed by atoms with E-state index < -0.39 is 17.8 Å². The van der Waals surface area contributed by atoms with Crippen molar-refractivity contribution >= 4 is 11.6 Å². The molecule has 1 aliphatic rings. The van der Waals surface area contributed by atoms with E-state index in [1.165, 1.54) is 18.6 Å². The Morgan fingerprint density at radius 1 is 1.00 bits per heavy atom. The Balaban J connectivity index is 1.83. The van der Waals surface area contributed by atoms with Gasteiger partial charge in [0, 0.05) is 11.7 Å². The first-order valence-electron chi connectivity index (χ1n) is 9.64. The summed E-state index contributed by atoms with van der Waals surface area (Å²) in [6.45, 7) is 1.90. The van der Waals surface area contributed by atoms with Gasteiger partial charge in [0.05, 0.1) is 5.56 Å². The Hall–Kier alpha value is -2.34. The SMILES string of the molecule is Cc1ccccc1NC(=O)C(NC1CCCCC1)c1ccc(C(F)(F)F)cc1. The van der Waals surface area contributed by atoms with E-state index in [-0.39, 0.29) is 11.9 Å². The number of amides is 1. The summed E-state index contributed by atoms with van der Waals surface area (Å²) in [4.78, 5) is 13.0. The Labute approximate surface area is 163 Å². The molecule has 1 amide bonds. The molecule has 2 aromatic carbocycles. The lowest BCUT2D eigenvalue weighted by Gasteiger charge is -2.28. The normalized spacial score (nSPS) is 16.6. The highest BCUT2D eigenvalue weighted by molar-refractivity contribution is 5.96. The molecule has 0 spiro atoms. The van der Waals surface area contributed by atoms with Crippen molar-refractivity contribution in [3.8, 4) is 0 Å². The fourth-order valence-corrected chi connectivity index (χ4v) is 3.61. The number of aryl methyl sites for hydroxylation is 1. The molecule has 1 saturated carbocycles. The molecule has 28 heavy (non-hydrogen) atoms. The summed E-state index contributed by atoms with van der Waals surface area (Å²) in [6, 6.07) is 11.8. The van der Waals surface area contributed by atoms with E-state index in [9.17, 15) is 18.0 Å². The maximum Gasteiger partial charge on any atom is 0.416 e. The van der Waals surface area contributed by atoms with Crippen molar-refractivity contribution in [1.29, 1.82) is 0 Å². The molecule has 3 rings (SSSR count). The van der Waals surface area contributed by atoms with Crippen LogP contribution in [0.1, 0.15) is 54.8 Å². The highest BCUT2D eigenvalue weighted by atomic mass is 19.4. The van der Waals surface area contributed by atoms with Crippen molar-refractivity contribution in [1.82, 2.24) is 5.32 Å². The zero-order valence-corrected chi connectivity index (χ0v) is 15.9. The van der Waals surface area contributed by atoms with Gasteiger partial charge in [-0.2, -0.15) is 13.2 Å². The minimum absolute atomic E-state index is 0.184. The number of alkyl halides is 3. The summed E-state index contributed by atoms with van der Waals surface area (Å²) in [7, 11) is 0. The second-order valence-corrected chi connectivity index (χ2v) is 7.36. The van der Waals surface area contributed by atoms with E-state index in [4.69, 9.17) is 0 Å². The number of nitrogens with one attached hydrogen (secondary N) is 2. The number of para-hydroxylation sites is 1. The van der Waals surface area contributed by atoms with Gasteiger partial charge in [-0.05, 0) is 49.1 Å². The maximum absolute atomic E-state index is 13.0. The zero-order valence-electron chi connectivity index (χ0n) is 15.9. The first kappa shape index (κ1) is 20.4. The lowest BCUT2D eigenvalue weighted by atomic mass is 9.93. The summed E-state index contributed by atoms with van der Waals surface area (Å²) in [5.74, 6) is -0.264. The number of hydrogen-bond acceptors (Lipinski definition) is 2. The van der Waals surface area contributed by atoms with E-state index in [0.717, 1.165) is 43.4 Å². The molecule has 1 unspecified atom stereocenters. The number of benzene rings is 2. The molecular formula is C22H25F3N2O.